The number of hydrogen-bond acceptors (Lipinski definition) is 32. The zero-order valence-corrected chi connectivity index (χ0v) is 76.1. The second-order valence-corrected chi connectivity index (χ2v) is 35.8. The first kappa shape index (κ1) is 114. The number of methoxy groups -OCH3 is 1. The Balaban J connectivity index is 1.55. The summed E-state index contributed by atoms with van der Waals surface area (Å²) in [6, 6.07) is -3.95. The minimum atomic E-state index is -4.84. The zero-order chi connectivity index (χ0) is 92.2. The fourth-order valence-corrected chi connectivity index (χ4v) is 17.6. The van der Waals surface area contributed by atoms with Crippen molar-refractivity contribution in [2.45, 2.75) is 345 Å². The summed E-state index contributed by atoms with van der Waals surface area (Å²) in [5.41, 5.74) is 0. The van der Waals surface area contributed by atoms with Gasteiger partial charge in [-0.05, 0) is 105 Å². The van der Waals surface area contributed by atoms with E-state index < -0.39 is 183 Å². The van der Waals surface area contributed by atoms with Gasteiger partial charge in [0.25, 0.3) is 0 Å². The number of aliphatic hydroxyl groups is 10. The zero-order valence-electron chi connectivity index (χ0n) is 74.3. The van der Waals surface area contributed by atoms with E-state index in [1.807, 2.05) is 27.7 Å². The third-order valence-corrected chi connectivity index (χ3v) is 25.0. The van der Waals surface area contributed by atoms with Gasteiger partial charge in [0.05, 0.1) is 59.5 Å². The van der Waals surface area contributed by atoms with Crippen LogP contribution in [0.5, 0.6) is 0 Å². The summed E-state index contributed by atoms with van der Waals surface area (Å²) in [5, 5.41) is 108. The van der Waals surface area contributed by atoms with E-state index in [1.165, 1.54) is 37.7 Å². The number of Topliss-reactive ketones (excluding diaryl/α,β-unsaturated/α-hetero) is 3. The highest BCUT2D eigenvalue weighted by Crippen LogP contribution is 2.54. The van der Waals surface area contributed by atoms with Gasteiger partial charge >= 0.3 is 15.6 Å². The summed E-state index contributed by atoms with van der Waals surface area (Å²) in [7, 11) is -7.57. The lowest BCUT2D eigenvalue weighted by molar-refractivity contribution is -0.270. The minimum absolute atomic E-state index is 0.0114. The van der Waals surface area contributed by atoms with Crippen molar-refractivity contribution < 1.29 is 159 Å². The van der Waals surface area contributed by atoms with E-state index in [9.17, 15) is 104 Å². The number of carbonyl (C=O) groups excluding carboxylic acids is 9. The number of rotatable bonds is 72. The lowest BCUT2D eigenvalue weighted by Crippen LogP contribution is -2.64. The van der Waals surface area contributed by atoms with Gasteiger partial charge in [-0.3, -0.25) is 61.2 Å². The number of carbonyl (C=O) groups is 9. The van der Waals surface area contributed by atoms with Crippen LogP contribution in [0.25, 0.3) is 0 Å². The number of nitrogens with one attached hydrogen (secondary N) is 3. The molecule has 0 bridgehead atoms. The van der Waals surface area contributed by atoms with E-state index in [0.29, 0.717) is 173 Å². The van der Waals surface area contributed by atoms with Gasteiger partial charge < -0.3 is 120 Å². The van der Waals surface area contributed by atoms with Crippen molar-refractivity contribution in [3.63, 3.8) is 0 Å². The molecule has 6 amide bonds. The molecule has 3 rings (SSSR count). The molecule has 40 nitrogen and oxygen atoms in total. The van der Waals surface area contributed by atoms with Crippen LogP contribution in [-0.4, -0.2) is 358 Å². The standard InChI is InChI=1S/C82H151N7O33P2/c1-57(2)89(58(3)4)123(109,116-50-41-87(40-49-112-8)69(101)37-25-13-10-19-31-63(98)34-22-16-28-47-114-81-72(84-60(6)95)78(107)75(104)66(55-92)121-81)117-51-42-88(70(102)38-26-14-11-20-32-64(99)35-23-17-29-48-115-82-73(85-61(7)96)79(108)76(105)67(56-93)122-82)44-53-119-124(110,111)118-52-43-86(39-45-90)68(100)36-24-12-9-18-30-62(97)33-21-15-27-46-113-80-71(83-59(5)94)77(106)74(103)65(54-91)120-80/h57-58,65-67,71-82,90-93,103-108H,9-56H2,1-8H3,(H,83,94)(H,84,95)(H,85,96)(H,110,111). The first-order valence-electron chi connectivity index (χ1n) is 44.4. The van der Waals surface area contributed by atoms with E-state index in [2.05, 4.69) is 16.0 Å². The molecular weight excluding hydrogens is 1670 g/mol. The first-order valence-corrected chi connectivity index (χ1v) is 47.4. The van der Waals surface area contributed by atoms with E-state index in [0.717, 1.165) is 0 Å². The molecule has 0 spiro atoms. The van der Waals surface area contributed by atoms with Crippen LogP contribution in [0.4, 0.5) is 0 Å². The average molecular weight is 1830 g/mol. The Labute approximate surface area is 730 Å². The molecule has 0 aliphatic carbocycles. The lowest BCUT2D eigenvalue weighted by Gasteiger charge is -2.42. The van der Waals surface area contributed by atoms with Crippen LogP contribution in [0.15, 0.2) is 0 Å². The van der Waals surface area contributed by atoms with Crippen molar-refractivity contribution in [2.24, 2.45) is 0 Å². The average Bonchev–Trinajstić information content (AvgIpc) is 0.822. The third kappa shape index (κ3) is 44.8. The van der Waals surface area contributed by atoms with E-state index in [4.69, 9.17) is 51.3 Å². The quantitative estimate of drug-likeness (QED) is 0.0307. The molecule has 3 aliphatic heterocycles. The predicted molar refractivity (Wildman–Crippen MR) is 450 cm³/mol. The summed E-state index contributed by atoms with van der Waals surface area (Å²) in [6.45, 7) is 7.57. The summed E-state index contributed by atoms with van der Waals surface area (Å²) >= 11 is 0. The molecular formula is C82H151N7O33P2. The second-order valence-electron chi connectivity index (χ2n) is 32.4. The Kier molecular flexibility index (Phi) is 58.8. The number of nitrogens with zero attached hydrogens (tertiary/aromatic N) is 4. The summed E-state index contributed by atoms with van der Waals surface area (Å²) < 4.78 is 92.5. The molecule has 0 aromatic carbocycles. The molecule has 0 aromatic heterocycles. The smallest absolute Gasteiger partial charge is 0.395 e. The highest BCUT2D eigenvalue weighted by atomic mass is 31.2. The highest BCUT2D eigenvalue weighted by molar-refractivity contribution is 7.51. The third-order valence-electron chi connectivity index (χ3n) is 21.5. The van der Waals surface area contributed by atoms with Crippen LogP contribution in [0.3, 0.4) is 0 Å². The van der Waals surface area contributed by atoms with Gasteiger partial charge in [-0.1, -0.05) is 57.8 Å². The topological polar surface area (TPSA) is 561 Å². The van der Waals surface area contributed by atoms with Crippen LogP contribution in [0.2, 0.25) is 0 Å². The van der Waals surface area contributed by atoms with Crippen molar-refractivity contribution in [2.75, 3.05) is 126 Å². The molecule has 3 aliphatic rings. The monoisotopic (exact) mass is 1820 g/mol. The number of ketones is 3. The number of aliphatic hydroxyl groups excluding tert-OH is 10. The molecule has 722 valence electrons. The molecule has 0 aromatic rings. The van der Waals surface area contributed by atoms with Gasteiger partial charge in [0.2, 0.25) is 35.4 Å². The van der Waals surface area contributed by atoms with Crippen molar-refractivity contribution in [3.05, 3.63) is 0 Å². The largest absolute Gasteiger partial charge is 0.472 e. The van der Waals surface area contributed by atoms with Gasteiger partial charge in [-0.25, -0.2) is 13.8 Å². The summed E-state index contributed by atoms with van der Waals surface area (Å²) in [6.07, 6.45) is -0.455. The number of hydrogen-bond donors (Lipinski definition) is 14. The van der Waals surface area contributed by atoms with E-state index in [-0.39, 0.29) is 127 Å². The molecule has 17 atom stereocenters. The lowest BCUT2D eigenvalue weighted by atomic mass is 9.97. The van der Waals surface area contributed by atoms with Crippen molar-refractivity contribution in [3.8, 4) is 0 Å². The number of phosphoric ester groups is 1. The van der Waals surface area contributed by atoms with Crippen LogP contribution in [0, 0.1) is 0 Å². The maximum atomic E-state index is 15.2. The Morgan fingerprint density at radius 3 is 0.847 bits per heavy atom. The molecule has 14 N–H and O–H groups in total. The molecule has 3 fully saturated rings. The normalized spacial score (nSPS) is 23.8. The second kappa shape index (κ2) is 64.2. The van der Waals surface area contributed by atoms with Gasteiger partial charge in [-0.2, -0.15) is 0 Å². The predicted octanol–water partition coefficient (Wildman–Crippen LogP) is 2.80. The number of phosphoric acid groups is 1. The Hall–Kier alpha value is -4.63. The molecule has 124 heavy (non-hydrogen) atoms. The number of amides is 6. The van der Waals surface area contributed by atoms with Crippen LogP contribution >= 0.6 is 15.6 Å². The van der Waals surface area contributed by atoms with Crippen LogP contribution < -0.4 is 16.0 Å². The fraction of sp³-hybridized carbons (Fsp3) is 0.890. The van der Waals surface area contributed by atoms with Gasteiger partial charge in [0.15, 0.2) is 18.9 Å². The molecule has 0 radical (unpaired) electrons. The van der Waals surface area contributed by atoms with Crippen LogP contribution in [-0.2, 0) is 104 Å². The van der Waals surface area contributed by atoms with Crippen LogP contribution in [0.1, 0.15) is 241 Å². The summed E-state index contributed by atoms with van der Waals surface area (Å²) in [4.78, 5) is 130. The SMILES string of the molecule is COCCN(CCOP(=O)(OCCN(CCOP(=O)(O)OCCN(CCO)C(=O)CCCCCCC(=O)CCCCCOC1OC(CO)C(O)C(O)C1NC(C)=O)C(=O)CCCCCCC(=O)CCCCCOC1OC(CO)C(O)C(O)C1NC(C)=O)N(C(C)C)C(C)C)C(=O)CCCCCCC(=O)CCCCCOC1OC(CO)C(O)C(O)C1NC(C)=O. The Morgan fingerprint density at radius 1 is 0.347 bits per heavy atom. The van der Waals surface area contributed by atoms with Crippen molar-refractivity contribution in [1.82, 2.24) is 35.3 Å². The molecule has 3 heterocycles. The maximum absolute atomic E-state index is 15.2. The first-order chi connectivity index (χ1) is 59.1. The molecule has 17 unspecified atom stereocenters. The van der Waals surface area contributed by atoms with Gasteiger partial charge in [0.1, 0.15) is 90.4 Å². The Bertz CT molecular complexity index is 3130. The maximum Gasteiger partial charge on any atom is 0.472 e. The van der Waals surface area contributed by atoms with Crippen molar-refractivity contribution >= 4 is 68.4 Å². The summed E-state index contributed by atoms with van der Waals surface area (Å²) in [5.74, 6) is -2.10. The van der Waals surface area contributed by atoms with Gasteiger partial charge in [0, 0.05) is 157 Å². The van der Waals surface area contributed by atoms with E-state index in [1.54, 1.807) is 9.57 Å². The Morgan fingerprint density at radius 2 is 0.597 bits per heavy atom. The molecule has 3 saturated heterocycles. The minimum Gasteiger partial charge on any atom is -0.395 e. The van der Waals surface area contributed by atoms with Crippen molar-refractivity contribution in [1.29, 1.82) is 0 Å². The molecule has 42 heteroatoms. The van der Waals surface area contributed by atoms with Gasteiger partial charge in [-0.15, -0.1) is 0 Å². The van der Waals surface area contributed by atoms with E-state index >= 15 is 4.57 Å². The number of ether oxygens (including phenoxy) is 7. The number of unbranched alkanes of at least 4 members (excludes halogenated alkanes) is 15. The highest BCUT2D eigenvalue weighted by Gasteiger charge is 2.48. The molecule has 0 saturated carbocycles. The fourth-order valence-electron chi connectivity index (χ4n) is 14.8.